The van der Waals surface area contributed by atoms with Crippen molar-refractivity contribution >= 4 is 23.2 Å². The Morgan fingerprint density at radius 1 is 1.29 bits per heavy atom. The Labute approximate surface area is 129 Å². The first-order valence-electron chi connectivity index (χ1n) is 6.78. The summed E-state index contributed by atoms with van der Waals surface area (Å²) in [5.41, 5.74) is 0.555. The predicted molar refractivity (Wildman–Crippen MR) is 82.5 cm³/mol. The van der Waals surface area contributed by atoms with Crippen LogP contribution in [0.4, 0.5) is 5.69 Å². The third-order valence-corrected chi connectivity index (χ3v) is 3.62. The van der Waals surface area contributed by atoms with Gasteiger partial charge < -0.3 is 20.1 Å². The van der Waals surface area contributed by atoms with Crippen molar-refractivity contribution in [3.8, 4) is 11.5 Å². The number of rotatable bonds is 5. The summed E-state index contributed by atoms with van der Waals surface area (Å²) >= 11 is 6.04. The average molecular weight is 314 g/mol. The molecular formula is C14H20ClN3O3. The van der Waals surface area contributed by atoms with Crippen LogP contribution in [-0.2, 0) is 4.79 Å². The Bertz CT molecular complexity index is 504. The molecule has 2 N–H and O–H groups in total. The smallest absolute Gasteiger partial charge is 0.238 e. The highest BCUT2D eigenvalue weighted by Crippen LogP contribution is 2.35. The van der Waals surface area contributed by atoms with Crippen molar-refractivity contribution in [2.24, 2.45) is 0 Å². The van der Waals surface area contributed by atoms with Gasteiger partial charge in [0, 0.05) is 38.3 Å². The normalized spacial score (nSPS) is 15.6. The summed E-state index contributed by atoms with van der Waals surface area (Å²) in [5, 5.41) is 6.54. The lowest BCUT2D eigenvalue weighted by atomic mass is 10.2. The Kier molecular flexibility index (Phi) is 5.67. The van der Waals surface area contributed by atoms with Crippen LogP contribution < -0.4 is 20.1 Å². The van der Waals surface area contributed by atoms with E-state index >= 15 is 0 Å². The molecule has 0 unspecified atom stereocenters. The maximum Gasteiger partial charge on any atom is 0.238 e. The summed E-state index contributed by atoms with van der Waals surface area (Å²) in [5.74, 6) is 0.920. The van der Waals surface area contributed by atoms with Crippen molar-refractivity contribution in [1.29, 1.82) is 0 Å². The number of benzene rings is 1. The number of methoxy groups -OCH3 is 2. The van der Waals surface area contributed by atoms with E-state index in [1.165, 1.54) is 14.2 Å². The van der Waals surface area contributed by atoms with Crippen molar-refractivity contribution in [3.63, 3.8) is 0 Å². The third-order valence-electron chi connectivity index (χ3n) is 3.32. The Balaban J connectivity index is 2.05. The second kappa shape index (κ2) is 7.49. The van der Waals surface area contributed by atoms with E-state index in [9.17, 15) is 4.79 Å². The van der Waals surface area contributed by atoms with Crippen molar-refractivity contribution in [2.75, 3.05) is 52.3 Å². The molecule has 0 aliphatic carbocycles. The summed E-state index contributed by atoms with van der Waals surface area (Å²) in [6, 6.07) is 3.29. The maximum atomic E-state index is 12.1. The second-order valence-corrected chi connectivity index (χ2v) is 5.17. The minimum atomic E-state index is -0.0837. The zero-order valence-electron chi connectivity index (χ0n) is 12.2. The van der Waals surface area contributed by atoms with E-state index in [2.05, 4.69) is 15.5 Å². The van der Waals surface area contributed by atoms with E-state index < -0.39 is 0 Å². The van der Waals surface area contributed by atoms with E-state index in [0.29, 0.717) is 28.8 Å². The Morgan fingerprint density at radius 2 is 1.95 bits per heavy atom. The van der Waals surface area contributed by atoms with Crippen LogP contribution in [0.5, 0.6) is 11.5 Å². The van der Waals surface area contributed by atoms with Gasteiger partial charge in [0.05, 0.1) is 31.5 Å². The number of carbonyl (C=O) groups is 1. The first-order valence-corrected chi connectivity index (χ1v) is 7.16. The summed E-state index contributed by atoms with van der Waals surface area (Å²) in [4.78, 5) is 14.2. The number of ether oxygens (including phenoxy) is 2. The van der Waals surface area contributed by atoms with Crippen LogP contribution in [0.15, 0.2) is 12.1 Å². The molecule has 0 bridgehead atoms. The molecule has 0 aromatic heterocycles. The summed E-state index contributed by atoms with van der Waals surface area (Å²) in [7, 11) is 3.06. The standard InChI is InChI=1S/C14H20ClN3O3/c1-20-12-8-11(13(21-2)7-10(12)15)17-14(19)9-18-5-3-16-4-6-18/h7-8,16H,3-6,9H2,1-2H3,(H,17,19). The highest BCUT2D eigenvalue weighted by atomic mass is 35.5. The van der Waals surface area contributed by atoms with Gasteiger partial charge in [0.2, 0.25) is 5.91 Å². The minimum Gasteiger partial charge on any atom is -0.495 e. The van der Waals surface area contributed by atoms with Crippen LogP contribution in [0.25, 0.3) is 0 Å². The molecule has 1 heterocycles. The molecular weight excluding hydrogens is 294 g/mol. The number of hydrogen-bond donors (Lipinski definition) is 2. The number of nitrogens with zero attached hydrogens (tertiary/aromatic N) is 1. The quantitative estimate of drug-likeness (QED) is 0.855. The van der Waals surface area contributed by atoms with Gasteiger partial charge >= 0.3 is 0 Å². The van der Waals surface area contributed by atoms with E-state index in [1.54, 1.807) is 12.1 Å². The van der Waals surface area contributed by atoms with E-state index in [4.69, 9.17) is 21.1 Å². The zero-order chi connectivity index (χ0) is 15.2. The van der Waals surface area contributed by atoms with Gasteiger partial charge in [-0.3, -0.25) is 9.69 Å². The first kappa shape index (κ1) is 15.9. The van der Waals surface area contributed by atoms with E-state index in [-0.39, 0.29) is 5.91 Å². The first-order chi connectivity index (χ1) is 10.1. The largest absolute Gasteiger partial charge is 0.495 e. The Hall–Kier alpha value is -1.50. The topological polar surface area (TPSA) is 62.8 Å². The minimum absolute atomic E-state index is 0.0837. The average Bonchev–Trinajstić information content (AvgIpc) is 2.49. The molecule has 1 fully saturated rings. The molecule has 0 saturated carbocycles. The van der Waals surface area contributed by atoms with E-state index in [0.717, 1.165) is 26.2 Å². The summed E-state index contributed by atoms with van der Waals surface area (Å²) in [6.07, 6.45) is 0. The number of amides is 1. The number of carbonyl (C=O) groups excluding carboxylic acids is 1. The van der Waals surface area contributed by atoms with Crippen LogP contribution in [0.1, 0.15) is 0 Å². The van der Waals surface area contributed by atoms with Gasteiger partial charge in [-0.15, -0.1) is 0 Å². The molecule has 6 nitrogen and oxygen atoms in total. The predicted octanol–water partition coefficient (Wildman–Crippen LogP) is 1.20. The van der Waals surface area contributed by atoms with Crippen LogP contribution in [-0.4, -0.2) is 57.8 Å². The van der Waals surface area contributed by atoms with Crippen LogP contribution in [0, 0.1) is 0 Å². The molecule has 7 heteroatoms. The van der Waals surface area contributed by atoms with Crippen molar-refractivity contribution in [3.05, 3.63) is 17.2 Å². The van der Waals surface area contributed by atoms with Gasteiger partial charge in [-0.25, -0.2) is 0 Å². The van der Waals surface area contributed by atoms with Crippen LogP contribution in [0.3, 0.4) is 0 Å². The second-order valence-electron chi connectivity index (χ2n) is 4.76. The van der Waals surface area contributed by atoms with Crippen molar-refractivity contribution in [1.82, 2.24) is 10.2 Å². The van der Waals surface area contributed by atoms with Crippen LogP contribution in [0.2, 0.25) is 5.02 Å². The van der Waals surface area contributed by atoms with Gasteiger partial charge in [0.25, 0.3) is 0 Å². The molecule has 0 radical (unpaired) electrons. The lowest BCUT2D eigenvalue weighted by Gasteiger charge is -2.26. The fraction of sp³-hybridized carbons (Fsp3) is 0.500. The molecule has 1 aliphatic rings. The van der Waals surface area contributed by atoms with Crippen molar-refractivity contribution < 1.29 is 14.3 Å². The Morgan fingerprint density at radius 3 is 2.57 bits per heavy atom. The lowest BCUT2D eigenvalue weighted by molar-refractivity contribution is -0.117. The third kappa shape index (κ3) is 4.23. The maximum absolute atomic E-state index is 12.1. The number of anilines is 1. The monoisotopic (exact) mass is 313 g/mol. The zero-order valence-corrected chi connectivity index (χ0v) is 13.0. The molecule has 2 rings (SSSR count). The van der Waals surface area contributed by atoms with Gasteiger partial charge in [-0.05, 0) is 0 Å². The summed E-state index contributed by atoms with van der Waals surface area (Å²) < 4.78 is 10.4. The summed E-state index contributed by atoms with van der Waals surface area (Å²) in [6.45, 7) is 3.91. The lowest BCUT2D eigenvalue weighted by Crippen LogP contribution is -2.46. The molecule has 1 aliphatic heterocycles. The van der Waals surface area contributed by atoms with Crippen LogP contribution >= 0.6 is 11.6 Å². The van der Waals surface area contributed by atoms with Crippen molar-refractivity contribution in [2.45, 2.75) is 0 Å². The van der Waals surface area contributed by atoms with Gasteiger partial charge in [0.1, 0.15) is 11.5 Å². The molecule has 116 valence electrons. The molecule has 1 amide bonds. The molecule has 0 atom stereocenters. The molecule has 0 spiro atoms. The number of nitrogens with one attached hydrogen (secondary N) is 2. The molecule has 21 heavy (non-hydrogen) atoms. The van der Waals surface area contributed by atoms with E-state index in [1.807, 2.05) is 0 Å². The molecule has 1 saturated heterocycles. The van der Waals surface area contributed by atoms with Gasteiger partial charge in [0.15, 0.2) is 0 Å². The fourth-order valence-electron chi connectivity index (χ4n) is 2.22. The number of piperazine rings is 1. The van der Waals surface area contributed by atoms with Gasteiger partial charge in [-0.1, -0.05) is 11.6 Å². The molecule has 1 aromatic carbocycles. The highest BCUT2D eigenvalue weighted by molar-refractivity contribution is 6.32. The molecule has 1 aromatic rings. The fourth-order valence-corrected chi connectivity index (χ4v) is 2.45. The number of hydrogen-bond acceptors (Lipinski definition) is 5. The number of halogens is 1. The highest BCUT2D eigenvalue weighted by Gasteiger charge is 2.16. The SMILES string of the molecule is COc1cc(NC(=O)CN2CCNCC2)c(OC)cc1Cl. The van der Waals surface area contributed by atoms with Gasteiger partial charge in [-0.2, -0.15) is 0 Å².